The highest BCUT2D eigenvalue weighted by atomic mass is 79.9. The molecule has 0 unspecified atom stereocenters. The Hall–Kier alpha value is 0.140. The lowest BCUT2D eigenvalue weighted by molar-refractivity contribution is -0.0452. The van der Waals surface area contributed by atoms with E-state index in [-0.39, 0.29) is 27.4 Å². The Bertz CT molecular complexity index is 401. The Morgan fingerprint density at radius 1 is 1.28 bits per heavy atom. The van der Waals surface area contributed by atoms with E-state index in [1.165, 1.54) is 5.57 Å². The molecule has 3 heteroatoms. The van der Waals surface area contributed by atoms with E-state index in [9.17, 15) is 5.11 Å². The van der Waals surface area contributed by atoms with Gasteiger partial charge in [0.05, 0.1) is 22.6 Å². The molecule has 1 aliphatic heterocycles. The van der Waals surface area contributed by atoms with Crippen LogP contribution in [0.5, 0.6) is 0 Å². The van der Waals surface area contributed by atoms with Gasteiger partial charge in [0, 0.05) is 10.8 Å². The van der Waals surface area contributed by atoms with Gasteiger partial charge in [-0.05, 0) is 32.6 Å². The van der Waals surface area contributed by atoms with Gasteiger partial charge < -0.3 is 9.84 Å². The van der Waals surface area contributed by atoms with Crippen molar-refractivity contribution in [3.05, 3.63) is 12.2 Å². The predicted molar refractivity (Wildman–Crippen MR) is 75.8 cm³/mol. The van der Waals surface area contributed by atoms with Crippen LogP contribution in [-0.2, 0) is 4.74 Å². The molecule has 2 bridgehead atoms. The third-order valence-electron chi connectivity index (χ3n) is 5.97. The zero-order valence-corrected chi connectivity index (χ0v) is 13.1. The fraction of sp³-hybridized carbons (Fsp3) is 0.867. The first kappa shape index (κ1) is 13.1. The van der Waals surface area contributed by atoms with Gasteiger partial charge in [-0.3, -0.25) is 0 Å². The second kappa shape index (κ2) is 3.62. The standard InChI is InChI=1S/C15H23BrO2/c1-9-5-6-11-13(2,3)15(9)7-10(17)14(4,16)8-12(15)18-11/h10-12,17H,1,5-8H2,2-4H3/t10-,11+,12+,14-,15+/m1/s1. The minimum Gasteiger partial charge on any atom is -0.392 e. The van der Waals surface area contributed by atoms with E-state index in [4.69, 9.17) is 4.74 Å². The molecular formula is C15H23BrO2. The average molecular weight is 315 g/mol. The highest BCUT2D eigenvalue weighted by Crippen LogP contribution is 2.67. The maximum Gasteiger partial charge on any atom is 0.0701 e. The summed E-state index contributed by atoms with van der Waals surface area (Å²) in [5.74, 6) is 0. The summed E-state index contributed by atoms with van der Waals surface area (Å²) < 4.78 is 6.12. The molecule has 3 aliphatic rings. The van der Waals surface area contributed by atoms with Gasteiger partial charge in [0.15, 0.2) is 0 Å². The molecular weight excluding hydrogens is 292 g/mol. The molecule has 1 N–H and O–H groups in total. The molecule has 3 rings (SSSR count). The van der Waals surface area contributed by atoms with Crippen molar-refractivity contribution in [1.82, 2.24) is 0 Å². The molecule has 0 radical (unpaired) electrons. The minimum absolute atomic E-state index is 0.0252. The van der Waals surface area contributed by atoms with Gasteiger partial charge in [0.2, 0.25) is 0 Å². The van der Waals surface area contributed by atoms with Gasteiger partial charge in [-0.2, -0.15) is 0 Å². The highest BCUT2D eigenvalue weighted by molar-refractivity contribution is 9.10. The number of fused-ring (bicyclic) bond motifs is 1. The molecule has 5 atom stereocenters. The third kappa shape index (κ3) is 1.36. The van der Waals surface area contributed by atoms with Crippen molar-refractivity contribution in [1.29, 1.82) is 0 Å². The Morgan fingerprint density at radius 3 is 2.61 bits per heavy atom. The Morgan fingerprint density at radius 2 is 1.94 bits per heavy atom. The van der Waals surface area contributed by atoms with Crippen LogP contribution in [0.4, 0.5) is 0 Å². The molecule has 3 fully saturated rings. The van der Waals surface area contributed by atoms with E-state index in [2.05, 4.69) is 43.3 Å². The topological polar surface area (TPSA) is 29.5 Å². The molecule has 0 amide bonds. The van der Waals surface area contributed by atoms with Crippen molar-refractivity contribution in [3.8, 4) is 0 Å². The van der Waals surface area contributed by atoms with Crippen LogP contribution in [0.15, 0.2) is 12.2 Å². The summed E-state index contributed by atoms with van der Waals surface area (Å²) >= 11 is 3.69. The zero-order chi connectivity index (χ0) is 13.3. The molecule has 1 heterocycles. The quantitative estimate of drug-likeness (QED) is 0.548. The Labute approximate surface area is 118 Å². The average Bonchev–Trinajstić information content (AvgIpc) is 2.38. The fourth-order valence-electron chi connectivity index (χ4n) is 4.60. The first-order chi connectivity index (χ1) is 8.22. The number of aliphatic hydroxyl groups excluding tert-OH is 1. The number of hydrogen-bond donors (Lipinski definition) is 1. The molecule has 18 heavy (non-hydrogen) atoms. The highest BCUT2D eigenvalue weighted by Gasteiger charge is 2.68. The minimum atomic E-state index is -0.328. The summed E-state index contributed by atoms with van der Waals surface area (Å²) in [5.41, 5.74) is 1.37. The maximum atomic E-state index is 10.5. The number of alkyl halides is 1. The summed E-state index contributed by atoms with van der Waals surface area (Å²) in [6.07, 6.45) is 3.98. The van der Waals surface area contributed by atoms with Gasteiger partial charge >= 0.3 is 0 Å². The number of aliphatic hydroxyl groups is 1. The van der Waals surface area contributed by atoms with Gasteiger partial charge in [-0.15, -0.1) is 0 Å². The summed E-state index contributed by atoms with van der Waals surface area (Å²) in [5, 5.41) is 10.5. The van der Waals surface area contributed by atoms with E-state index >= 15 is 0 Å². The zero-order valence-electron chi connectivity index (χ0n) is 11.5. The SMILES string of the molecule is C=C1CC[C@@H]2O[C@H]3C[C@@](C)(Br)[C@H](O)C[C@]13C2(C)C. The lowest BCUT2D eigenvalue weighted by Gasteiger charge is -2.55. The number of ether oxygens (including phenoxy) is 1. The smallest absolute Gasteiger partial charge is 0.0701 e. The van der Waals surface area contributed by atoms with Crippen molar-refractivity contribution in [2.75, 3.05) is 0 Å². The Balaban J connectivity index is 2.08. The fourth-order valence-corrected chi connectivity index (χ4v) is 5.06. The second-order valence-corrected chi connectivity index (χ2v) is 8.96. The van der Waals surface area contributed by atoms with Crippen LogP contribution in [0, 0.1) is 10.8 Å². The lowest BCUT2D eigenvalue weighted by Crippen LogP contribution is -2.57. The van der Waals surface area contributed by atoms with Crippen molar-refractivity contribution in [3.63, 3.8) is 0 Å². The van der Waals surface area contributed by atoms with E-state index in [1.54, 1.807) is 0 Å². The summed E-state index contributed by atoms with van der Waals surface area (Å²) in [7, 11) is 0. The molecule has 1 saturated heterocycles. The number of hydrogen-bond acceptors (Lipinski definition) is 2. The number of halogens is 1. The molecule has 0 aromatic rings. The summed E-state index contributed by atoms with van der Waals surface area (Å²) in [4.78, 5) is 0. The largest absolute Gasteiger partial charge is 0.392 e. The van der Waals surface area contributed by atoms with E-state index in [0.717, 1.165) is 25.7 Å². The van der Waals surface area contributed by atoms with Crippen molar-refractivity contribution >= 4 is 15.9 Å². The Kier molecular flexibility index (Phi) is 2.64. The van der Waals surface area contributed by atoms with Crippen molar-refractivity contribution < 1.29 is 9.84 Å². The van der Waals surface area contributed by atoms with Gasteiger partial charge in [-0.1, -0.05) is 41.9 Å². The molecule has 2 nitrogen and oxygen atoms in total. The molecule has 0 aromatic heterocycles. The monoisotopic (exact) mass is 314 g/mol. The molecule has 102 valence electrons. The summed E-state index contributed by atoms with van der Waals surface area (Å²) in [6, 6.07) is 0. The number of rotatable bonds is 0. The summed E-state index contributed by atoms with van der Waals surface area (Å²) in [6.45, 7) is 11.0. The molecule has 0 aromatic carbocycles. The van der Waals surface area contributed by atoms with Crippen LogP contribution < -0.4 is 0 Å². The van der Waals surface area contributed by atoms with Crippen molar-refractivity contribution in [2.24, 2.45) is 10.8 Å². The predicted octanol–water partition coefficient (Wildman–Crippen LogP) is 3.42. The van der Waals surface area contributed by atoms with E-state index in [1.807, 2.05) is 0 Å². The van der Waals surface area contributed by atoms with Gasteiger partial charge in [0.25, 0.3) is 0 Å². The van der Waals surface area contributed by atoms with Gasteiger partial charge in [-0.25, -0.2) is 0 Å². The van der Waals surface area contributed by atoms with Crippen LogP contribution in [0.1, 0.15) is 46.5 Å². The second-order valence-electron chi connectivity index (χ2n) is 7.15. The van der Waals surface area contributed by atoms with E-state index in [0.29, 0.717) is 6.10 Å². The molecule has 2 saturated carbocycles. The molecule has 2 aliphatic carbocycles. The van der Waals surface area contributed by atoms with Crippen LogP contribution in [-0.4, -0.2) is 27.7 Å². The van der Waals surface area contributed by atoms with Crippen LogP contribution in [0.3, 0.4) is 0 Å². The van der Waals surface area contributed by atoms with Gasteiger partial charge in [0.1, 0.15) is 0 Å². The van der Waals surface area contributed by atoms with Crippen LogP contribution in [0.25, 0.3) is 0 Å². The third-order valence-corrected chi connectivity index (χ3v) is 6.82. The normalized spacial score (nSPS) is 54.3. The first-order valence-electron chi connectivity index (χ1n) is 6.92. The maximum absolute atomic E-state index is 10.5. The van der Waals surface area contributed by atoms with Crippen LogP contribution in [0.2, 0.25) is 0 Å². The van der Waals surface area contributed by atoms with Crippen molar-refractivity contribution in [2.45, 2.75) is 69.1 Å². The van der Waals surface area contributed by atoms with E-state index < -0.39 is 0 Å². The molecule has 1 spiro atoms. The lowest BCUT2D eigenvalue weighted by atomic mass is 9.49. The first-order valence-corrected chi connectivity index (χ1v) is 7.72. The van der Waals surface area contributed by atoms with Crippen LogP contribution >= 0.6 is 15.9 Å².